The van der Waals surface area contributed by atoms with Crippen LogP contribution in [0.15, 0.2) is 42.5 Å². The molecule has 1 unspecified atom stereocenters. The number of aliphatic hydroxyl groups excluding tert-OH is 1. The Morgan fingerprint density at radius 2 is 2.00 bits per heavy atom. The molecule has 2 aromatic rings. The first kappa shape index (κ1) is 16.1. The van der Waals surface area contributed by atoms with E-state index in [1.54, 1.807) is 12.1 Å². The Hall–Kier alpha value is -1.75. The van der Waals surface area contributed by atoms with Crippen molar-refractivity contribution in [1.29, 1.82) is 0 Å². The topological polar surface area (TPSA) is 50.7 Å². The van der Waals surface area contributed by atoms with Gasteiger partial charge in [0, 0.05) is 17.6 Å². The molecule has 1 aliphatic heterocycles. The molecule has 2 aromatic carbocycles. The fraction of sp³-hybridized carbons (Fsp3) is 0.333. The number of ether oxygens (including phenoxy) is 2. The van der Waals surface area contributed by atoms with Crippen LogP contribution in [0.25, 0.3) is 0 Å². The van der Waals surface area contributed by atoms with Gasteiger partial charge in [-0.25, -0.2) is 0 Å². The first-order valence-electron chi connectivity index (χ1n) is 7.67. The first-order chi connectivity index (χ1) is 11.1. The number of rotatable bonds is 6. The fourth-order valence-electron chi connectivity index (χ4n) is 2.64. The summed E-state index contributed by atoms with van der Waals surface area (Å²) >= 11 is 5.95. The van der Waals surface area contributed by atoms with E-state index in [0.29, 0.717) is 18.4 Å². The molecule has 1 aliphatic rings. The van der Waals surface area contributed by atoms with Gasteiger partial charge in [0.15, 0.2) is 11.5 Å². The van der Waals surface area contributed by atoms with E-state index in [0.717, 1.165) is 23.5 Å². The number of hydrogen-bond acceptors (Lipinski definition) is 4. The summed E-state index contributed by atoms with van der Waals surface area (Å²) in [5, 5.41) is 14.2. The van der Waals surface area contributed by atoms with E-state index in [1.807, 2.05) is 30.3 Å². The molecule has 0 saturated heterocycles. The molecule has 4 nitrogen and oxygen atoms in total. The number of aliphatic hydroxyl groups is 1. The van der Waals surface area contributed by atoms with Crippen LogP contribution in [0.2, 0.25) is 5.02 Å². The van der Waals surface area contributed by atoms with Gasteiger partial charge in [0.05, 0.1) is 6.10 Å². The highest BCUT2D eigenvalue weighted by molar-refractivity contribution is 6.30. The Labute approximate surface area is 141 Å². The Bertz CT molecular complexity index is 677. The molecule has 0 aliphatic carbocycles. The van der Waals surface area contributed by atoms with Crippen molar-refractivity contribution in [2.75, 3.05) is 13.3 Å². The van der Waals surface area contributed by atoms with Crippen LogP contribution in [0.1, 0.15) is 24.2 Å². The Kier molecular flexibility index (Phi) is 5.06. The van der Waals surface area contributed by atoms with Gasteiger partial charge in [0.1, 0.15) is 0 Å². The number of hydrogen-bond donors (Lipinski definition) is 2. The molecule has 0 spiro atoms. The number of halogens is 1. The minimum atomic E-state index is -0.576. The Balaban J connectivity index is 1.52. The highest BCUT2D eigenvalue weighted by Crippen LogP contribution is 2.32. The van der Waals surface area contributed by atoms with Gasteiger partial charge in [-0.05, 0) is 48.7 Å². The number of benzene rings is 2. The van der Waals surface area contributed by atoms with Gasteiger partial charge in [-0.15, -0.1) is 0 Å². The summed E-state index contributed by atoms with van der Waals surface area (Å²) in [6.45, 7) is 2.86. The van der Waals surface area contributed by atoms with Crippen LogP contribution in [-0.4, -0.2) is 24.5 Å². The van der Waals surface area contributed by atoms with Crippen molar-refractivity contribution in [3.63, 3.8) is 0 Å². The van der Waals surface area contributed by atoms with E-state index in [1.165, 1.54) is 5.56 Å². The van der Waals surface area contributed by atoms with E-state index >= 15 is 0 Å². The molecule has 5 heteroatoms. The Morgan fingerprint density at radius 1 is 1.17 bits per heavy atom. The van der Waals surface area contributed by atoms with Gasteiger partial charge in [0.25, 0.3) is 0 Å². The smallest absolute Gasteiger partial charge is 0.231 e. The average molecular weight is 334 g/mol. The lowest BCUT2D eigenvalue weighted by Crippen LogP contribution is -2.32. The molecule has 2 atom stereocenters. The largest absolute Gasteiger partial charge is 0.454 e. The van der Waals surface area contributed by atoms with Gasteiger partial charge in [-0.1, -0.05) is 29.8 Å². The van der Waals surface area contributed by atoms with E-state index in [9.17, 15) is 5.11 Å². The van der Waals surface area contributed by atoms with Crippen molar-refractivity contribution >= 4 is 11.6 Å². The SMILES string of the molecule is CC(Cc1ccc2c(c1)OCO2)NC[C@H](O)c1cccc(Cl)c1. The molecule has 23 heavy (non-hydrogen) atoms. The predicted octanol–water partition coefficient (Wildman–Crippen LogP) is 3.32. The third kappa shape index (κ3) is 4.16. The standard InChI is InChI=1S/C18H20ClNO3/c1-12(7-13-5-6-17-18(8-13)23-11-22-17)20-10-16(21)14-3-2-4-15(19)9-14/h2-6,8-9,12,16,20-21H,7,10-11H2,1H3/t12?,16-/m0/s1. The van der Waals surface area contributed by atoms with Gasteiger partial charge in [-0.2, -0.15) is 0 Å². The second-order valence-electron chi connectivity index (χ2n) is 5.77. The lowest BCUT2D eigenvalue weighted by atomic mass is 10.1. The van der Waals surface area contributed by atoms with Crippen molar-refractivity contribution in [3.05, 3.63) is 58.6 Å². The zero-order valence-electron chi connectivity index (χ0n) is 13.0. The van der Waals surface area contributed by atoms with Crippen LogP contribution in [0.4, 0.5) is 0 Å². The molecule has 0 saturated carbocycles. The normalized spacial score (nSPS) is 15.4. The maximum atomic E-state index is 10.2. The maximum Gasteiger partial charge on any atom is 0.231 e. The monoisotopic (exact) mass is 333 g/mol. The lowest BCUT2D eigenvalue weighted by molar-refractivity contribution is 0.170. The molecular weight excluding hydrogens is 314 g/mol. The van der Waals surface area contributed by atoms with Crippen LogP contribution < -0.4 is 14.8 Å². The first-order valence-corrected chi connectivity index (χ1v) is 8.05. The summed E-state index contributed by atoms with van der Waals surface area (Å²) in [5.74, 6) is 1.60. The molecule has 122 valence electrons. The summed E-state index contributed by atoms with van der Waals surface area (Å²) in [7, 11) is 0. The molecule has 1 heterocycles. The number of nitrogens with one attached hydrogen (secondary N) is 1. The molecule has 0 bridgehead atoms. The molecular formula is C18H20ClNO3. The highest BCUT2D eigenvalue weighted by atomic mass is 35.5. The van der Waals surface area contributed by atoms with Gasteiger partial charge in [0.2, 0.25) is 6.79 Å². The van der Waals surface area contributed by atoms with Crippen molar-refractivity contribution in [3.8, 4) is 11.5 Å². The summed E-state index contributed by atoms with van der Waals surface area (Å²) < 4.78 is 10.7. The van der Waals surface area contributed by atoms with E-state index in [2.05, 4.69) is 12.2 Å². The second kappa shape index (κ2) is 7.21. The molecule has 0 fully saturated rings. The van der Waals surface area contributed by atoms with Crippen molar-refractivity contribution in [2.24, 2.45) is 0 Å². The lowest BCUT2D eigenvalue weighted by Gasteiger charge is -2.18. The molecule has 0 aromatic heterocycles. The molecule has 3 rings (SSSR count). The third-order valence-electron chi connectivity index (χ3n) is 3.87. The number of fused-ring (bicyclic) bond motifs is 1. The quantitative estimate of drug-likeness (QED) is 0.851. The van der Waals surface area contributed by atoms with Crippen LogP contribution >= 0.6 is 11.6 Å². The summed E-state index contributed by atoms with van der Waals surface area (Å²) in [6.07, 6.45) is 0.270. The van der Waals surface area contributed by atoms with Gasteiger partial charge >= 0.3 is 0 Å². The van der Waals surface area contributed by atoms with Crippen LogP contribution in [0.3, 0.4) is 0 Å². The zero-order valence-corrected chi connectivity index (χ0v) is 13.7. The highest BCUT2D eigenvalue weighted by Gasteiger charge is 2.15. The van der Waals surface area contributed by atoms with Crippen molar-refractivity contribution in [1.82, 2.24) is 5.32 Å². The minimum absolute atomic E-state index is 0.226. The Morgan fingerprint density at radius 3 is 2.83 bits per heavy atom. The average Bonchev–Trinajstić information content (AvgIpc) is 3.00. The van der Waals surface area contributed by atoms with E-state index in [4.69, 9.17) is 21.1 Å². The van der Waals surface area contributed by atoms with Crippen LogP contribution in [0.5, 0.6) is 11.5 Å². The summed E-state index contributed by atoms with van der Waals surface area (Å²) in [4.78, 5) is 0. The van der Waals surface area contributed by atoms with Crippen molar-refractivity contribution < 1.29 is 14.6 Å². The van der Waals surface area contributed by atoms with Crippen LogP contribution in [-0.2, 0) is 6.42 Å². The summed E-state index contributed by atoms with van der Waals surface area (Å²) in [5.41, 5.74) is 1.99. The van der Waals surface area contributed by atoms with Crippen LogP contribution in [0, 0.1) is 0 Å². The van der Waals surface area contributed by atoms with Crippen molar-refractivity contribution in [2.45, 2.75) is 25.5 Å². The predicted molar refractivity (Wildman–Crippen MR) is 90.1 cm³/mol. The van der Waals surface area contributed by atoms with Gasteiger partial charge in [-0.3, -0.25) is 0 Å². The minimum Gasteiger partial charge on any atom is -0.454 e. The third-order valence-corrected chi connectivity index (χ3v) is 4.11. The van der Waals surface area contributed by atoms with E-state index in [-0.39, 0.29) is 6.04 Å². The molecule has 0 radical (unpaired) electrons. The second-order valence-corrected chi connectivity index (χ2v) is 6.21. The zero-order chi connectivity index (χ0) is 16.2. The van der Waals surface area contributed by atoms with Gasteiger partial charge < -0.3 is 19.9 Å². The maximum absolute atomic E-state index is 10.2. The summed E-state index contributed by atoms with van der Waals surface area (Å²) in [6, 6.07) is 13.5. The van der Waals surface area contributed by atoms with E-state index < -0.39 is 6.10 Å². The molecule has 2 N–H and O–H groups in total. The molecule has 0 amide bonds. The fourth-order valence-corrected chi connectivity index (χ4v) is 2.84.